The van der Waals surface area contributed by atoms with Crippen LogP contribution >= 0.6 is 11.6 Å². The number of anilines is 3. The van der Waals surface area contributed by atoms with Crippen molar-refractivity contribution in [1.82, 2.24) is 25.1 Å². The third-order valence-corrected chi connectivity index (χ3v) is 7.26. The van der Waals surface area contributed by atoms with Crippen LogP contribution in [-0.2, 0) is 0 Å². The molecule has 6 rings (SSSR count). The van der Waals surface area contributed by atoms with Gasteiger partial charge >= 0.3 is 6.01 Å². The molecule has 0 unspecified atom stereocenters. The molecule has 3 aromatic heterocycles. The zero-order valence-corrected chi connectivity index (χ0v) is 20.7. The van der Waals surface area contributed by atoms with Gasteiger partial charge < -0.3 is 19.9 Å². The van der Waals surface area contributed by atoms with Crippen molar-refractivity contribution < 1.29 is 4.74 Å². The molecule has 0 radical (unpaired) electrons. The summed E-state index contributed by atoms with van der Waals surface area (Å²) in [6.45, 7) is 3.90. The summed E-state index contributed by atoms with van der Waals surface area (Å²) in [5.41, 5.74) is 3.10. The molecule has 1 saturated heterocycles. The molecule has 4 heterocycles. The van der Waals surface area contributed by atoms with E-state index in [1.807, 2.05) is 37.3 Å². The molecule has 1 saturated carbocycles. The molecule has 10 nitrogen and oxygen atoms in total. The predicted octanol–water partition coefficient (Wildman–Crippen LogP) is 6.04. The zero-order chi connectivity index (χ0) is 24.6. The number of fused-ring (bicyclic) bond motifs is 1. The van der Waals surface area contributed by atoms with Crippen LogP contribution in [0.5, 0.6) is 11.8 Å². The summed E-state index contributed by atoms with van der Waals surface area (Å²) < 4.78 is 6.13. The third kappa shape index (κ3) is 4.73. The molecular weight excluding hydrogens is 480 g/mol. The highest BCUT2D eigenvalue weighted by Gasteiger charge is 2.26. The Morgan fingerprint density at radius 1 is 1.14 bits per heavy atom. The van der Waals surface area contributed by atoms with Gasteiger partial charge in [-0.2, -0.15) is 20.0 Å². The highest BCUT2D eigenvalue weighted by atomic mass is 35.5. The molecule has 36 heavy (non-hydrogen) atoms. The lowest BCUT2D eigenvalue weighted by Gasteiger charge is -2.32. The van der Waals surface area contributed by atoms with E-state index in [1.165, 1.54) is 12.8 Å². The second-order valence-electron chi connectivity index (χ2n) is 9.64. The SMILES string of the molecule is Cc1cc2c(Cl)c(Oc3nc(Nc4cc(C5CC5)[nH]n4)cc(N4CCC(CN=O)CC4)n3)ccc2[nH]1. The van der Waals surface area contributed by atoms with Gasteiger partial charge in [0.15, 0.2) is 5.82 Å². The molecule has 2 fully saturated rings. The second kappa shape index (κ2) is 9.42. The smallest absolute Gasteiger partial charge is 0.325 e. The van der Waals surface area contributed by atoms with Crippen LogP contribution in [0.1, 0.15) is 43.0 Å². The minimum Gasteiger partial charge on any atom is -0.423 e. The number of ether oxygens (including phenoxy) is 1. The lowest BCUT2D eigenvalue weighted by molar-refractivity contribution is 0.409. The Hall–Kier alpha value is -3.66. The molecule has 0 amide bonds. The number of piperidine rings is 1. The maximum Gasteiger partial charge on any atom is 0.325 e. The minimum absolute atomic E-state index is 0.193. The normalized spacial score (nSPS) is 16.4. The van der Waals surface area contributed by atoms with E-state index in [0.717, 1.165) is 54.0 Å². The van der Waals surface area contributed by atoms with Crippen LogP contribution < -0.4 is 15.0 Å². The summed E-state index contributed by atoms with van der Waals surface area (Å²) in [6.07, 6.45) is 4.15. The van der Waals surface area contributed by atoms with Gasteiger partial charge in [0.25, 0.3) is 0 Å². The predicted molar refractivity (Wildman–Crippen MR) is 140 cm³/mol. The van der Waals surface area contributed by atoms with Gasteiger partial charge in [0.1, 0.15) is 17.4 Å². The first-order valence-corrected chi connectivity index (χ1v) is 12.6. The summed E-state index contributed by atoms with van der Waals surface area (Å²) in [4.78, 5) is 25.5. The number of benzene rings is 1. The molecule has 3 N–H and O–H groups in total. The van der Waals surface area contributed by atoms with Crippen LogP contribution in [0.3, 0.4) is 0 Å². The Kier molecular flexibility index (Phi) is 5.96. The van der Waals surface area contributed by atoms with Crippen molar-refractivity contribution >= 4 is 40.0 Å². The molecule has 2 aliphatic rings. The number of nitrogens with one attached hydrogen (secondary N) is 3. The fourth-order valence-electron chi connectivity index (χ4n) is 4.74. The van der Waals surface area contributed by atoms with Gasteiger partial charge in [-0.3, -0.25) is 5.10 Å². The Bertz CT molecular complexity index is 1400. The quantitative estimate of drug-likeness (QED) is 0.249. The number of aromatic amines is 2. The number of H-pyrrole nitrogens is 2. The number of aromatic nitrogens is 5. The van der Waals surface area contributed by atoms with Crippen LogP contribution in [0.25, 0.3) is 10.9 Å². The zero-order valence-electron chi connectivity index (χ0n) is 19.9. The number of rotatable bonds is 8. The van der Waals surface area contributed by atoms with E-state index in [4.69, 9.17) is 21.3 Å². The van der Waals surface area contributed by atoms with Crippen molar-refractivity contribution in [1.29, 1.82) is 0 Å². The number of nitroso groups, excluding NO2 is 1. The Balaban J connectivity index is 1.30. The van der Waals surface area contributed by atoms with E-state index in [9.17, 15) is 4.91 Å². The van der Waals surface area contributed by atoms with Gasteiger partial charge in [-0.25, -0.2) is 0 Å². The first-order chi connectivity index (χ1) is 17.6. The first-order valence-electron chi connectivity index (χ1n) is 12.3. The standard InChI is InChI=1S/C25H27ClN8O2/c1-14-10-17-18(28-14)4-5-20(24(17)26)36-25-30-21(29-22-11-19(32-33-22)16-2-3-16)12-23(31-25)34-8-6-15(7-9-34)13-27-35/h4-5,10-12,15-16,28H,2-3,6-9,13H2,1H3,(H2,29,30,31,32,33). The number of halogens is 1. The van der Waals surface area contributed by atoms with Crippen LogP contribution in [0, 0.1) is 17.7 Å². The topological polar surface area (TPSA) is 124 Å². The van der Waals surface area contributed by atoms with Crippen molar-refractivity contribution in [3.8, 4) is 11.8 Å². The van der Waals surface area contributed by atoms with Crippen LogP contribution in [0.2, 0.25) is 5.02 Å². The van der Waals surface area contributed by atoms with E-state index in [1.54, 1.807) is 0 Å². The van der Waals surface area contributed by atoms with Crippen LogP contribution in [-0.4, -0.2) is 44.8 Å². The van der Waals surface area contributed by atoms with Crippen molar-refractivity contribution in [3.05, 3.63) is 51.6 Å². The fourth-order valence-corrected chi connectivity index (χ4v) is 4.99. The average Bonchev–Trinajstić information content (AvgIpc) is 3.50. The minimum atomic E-state index is 0.193. The van der Waals surface area contributed by atoms with Gasteiger partial charge in [-0.1, -0.05) is 16.8 Å². The lowest BCUT2D eigenvalue weighted by Crippen LogP contribution is -2.35. The van der Waals surface area contributed by atoms with Crippen molar-refractivity contribution in [2.75, 3.05) is 29.9 Å². The van der Waals surface area contributed by atoms with Crippen LogP contribution in [0.15, 0.2) is 35.5 Å². The summed E-state index contributed by atoms with van der Waals surface area (Å²) >= 11 is 6.67. The van der Waals surface area contributed by atoms with E-state index < -0.39 is 0 Å². The summed E-state index contributed by atoms with van der Waals surface area (Å²) in [7, 11) is 0. The Morgan fingerprint density at radius 2 is 1.97 bits per heavy atom. The monoisotopic (exact) mass is 506 g/mol. The number of hydrogen-bond donors (Lipinski definition) is 3. The maximum atomic E-state index is 10.7. The molecule has 1 aliphatic heterocycles. The average molecular weight is 507 g/mol. The maximum absolute atomic E-state index is 10.7. The molecule has 4 aromatic rings. The van der Waals surface area contributed by atoms with Gasteiger partial charge in [0, 0.05) is 53.4 Å². The van der Waals surface area contributed by atoms with Gasteiger partial charge in [-0.15, -0.1) is 0 Å². The van der Waals surface area contributed by atoms with E-state index in [0.29, 0.717) is 40.8 Å². The van der Waals surface area contributed by atoms with Gasteiger partial charge in [0.05, 0.1) is 11.6 Å². The highest BCUT2D eigenvalue weighted by molar-refractivity contribution is 6.37. The first kappa shape index (κ1) is 22.8. The Morgan fingerprint density at radius 3 is 2.75 bits per heavy atom. The van der Waals surface area contributed by atoms with Crippen molar-refractivity contribution in [3.63, 3.8) is 0 Å². The number of nitrogens with zero attached hydrogens (tertiary/aromatic N) is 5. The van der Waals surface area contributed by atoms with E-state index >= 15 is 0 Å². The number of aryl methyl sites for hydroxylation is 1. The summed E-state index contributed by atoms with van der Waals surface area (Å²) in [5.74, 6) is 3.39. The van der Waals surface area contributed by atoms with E-state index in [-0.39, 0.29) is 6.01 Å². The fraction of sp³-hybridized carbons (Fsp3) is 0.400. The highest BCUT2D eigenvalue weighted by Crippen LogP contribution is 2.40. The van der Waals surface area contributed by atoms with Crippen LogP contribution in [0.4, 0.5) is 17.5 Å². The lowest BCUT2D eigenvalue weighted by atomic mass is 9.97. The molecule has 0 bridgehead atoms. The second-order valence-corrected chi connectivity index (χ2v) is 10.0. The molecule has 186 valence electrons. The largest absolute Gasteiger partial charge is 0.423 e. The summed E-state index contributed by atoms with van der Waals surface area (Å²) in [6, 6.07) is 9.85. The molecule has 1 aliphatic carbocycles. The van der Waals surface area contributed by atoms with Crippen molar-refractivity contribution in [2.45, 2.75) is 38.5 Å². The molecular formula is C25H27ClN8O2. The molecule has 0 atom stereocenters. The van der Waals surface area contributed by atoms with Gasteiger partial charge in [0.2, 0.25) is 0 Å². The van der Waals surface area contributed by atoms with Gasteiger partial charge in [-0.05, 0) is 56.7 Å². The molecule has 0 spiro atoms. The molecule has 1 aromatic carbocycles. The van der Waals surface area contributed by atoms with Crippen molar-refractivity contribution in [2.24, 2.45) is 11.1 Å². The third-order valence-electron chi connectivity index (χ3n) is 6.87. The Labute approximate surface area is 212 Å². The van der Waals surface area contributed by atoms with E-state index in [2.05, 4.69) is 35.6 Å². The number of hydrogen-bond acceptors (Lipinski definition) is 8. The molecule has 11 heteroatoms. The summed E-state index contributed by atoms with van der Waals surface area (Å²) in [5, 5.41) is 15.3.